The van der Waals surface area contributed by atoms with Gasteiger partial charge >= 0.3 is 0 Å². The average Bonchev–Trinajstić information content (AvgIpc) is 2.84. The molecule has 6 nitrogen and oxygen atoms in total. The predicted molar refractivity (Wildman–Crippen MR) is 66.1 cm³/mol. The van der Waals surface area contributed by atoms with Crippen LogP contribution in [0.5, 0.6) is 0 Å². The van der Waals surface area contributed by atoms with Crippen molar-refractivity contribution in [1.29, 1.82) is 0 Å². The summed E-state index contributed by atoms with van der Waals surface area (Å²) in [4.78, 5) is 26.9. The SMILES string of the molecule is O=C(Nc1cnccn1)c1nc2ccccc2[nH]1. The zero-order valence-corrected chi connectivity index (χ0v) is 9.29. The first-order valence-corrected chi connectivity index (χ1v) is 5.35. The number of fused-ring (bicyclic) bond motifs is 1. The molecule has 0 saturated heterocycles. The molecule has 0 atom stereocenters. The number of nitrogens with one attached hydrogen (secondary N) is 2. The summed E-state index contributed by atoms with van der Waals surface area (Å²) in [6.45, 7) is 0. The van der Waals surface area contributed by atoms with Crippen molar-refractivity contribution < 1.29 is 4.79 Å². The highest BCUT2D eigenvalue weighted by Gasteiger charge is 2.11. The molecule has 1 aromatic carbocycles. The van der Waals surface area contributed by atoms with E-state index < -0.39 is 0 Å². The minimum Gasteiger partial charge on any atom is -0.334 e. The fourth-order valence-electron chi connectivity index (χ4n) is 1.60. The third-order valence-electron chi connectivity index (χ3n) is 2.41. The van der Waals surface area contributed by atoms with Gasteiger partial charge in [0.15, 0.2) is 11.6 Å². The number of carbonyl (C=O) groups excluding carboxylic acids is 1. The smallest absolute Gasteiger partial charge is 0.292 e. The number of H-pyrrole nitrogens is 1. The summed E-state index contributed by atoms with van der Waals surface area (Å²) in [7, 11) is 0. The number of benzene rings is 1. The van der Waals surface area contributed by atoms with Crippen LogP contribution < -0.4 is 5.32 Å². The van der Waals surface area contributed by atoms with Crippen LogP contribution >= 0.6 is 0 Å². The second kappa shape index (κ2) is 4.25. The molecule has 0 radical (unpaired) electrons. The van der Waals surface area contributed by atoms with E-state index in [0.717, 1.165) is 11.0 Å². The molecule has 2 aromatic heterocycles. The van der Waals surface area contributed by atoms with E-state index in [9.17, 15) is 4.79 Å². The summed E-state index contributed by atoms with van der Waals surface area (Å²) in [6, 6.07) is 7.45. The topological polar surface area (TPSA) is 83.6 Å². The lowest BCUT2D eigenvalue weighted by Crippen LogP contribution is -2.14. The van der Waals surface area contributed by atoms with E-state index in [1.54, 1.807) is 0 Å². The summed E-state index contributed by atoms with van der Waals surface area (Å²) < 4.78 is 0. The first-order valence-electron chi connectivity index (χ1n) is 5.35. The lowest BCUT2D eigenvalue weighted by Gasteiger charge is -1.99. The number of carbonyl (C=O) groups is 1. The van der Waals surface area contributed by atoms with Crippen LogP contribution in [0.25, 0.3) is 11.0 Å². The minimum absolute atomic E-state index is 0.252. The summed E-state index contributed by atoms with van der Waals surface area (Å²) >= 11 is 0. The number of hydrogen-bond acceptors (Lipinski definition) is 4. The minimum atomic E-state index is -0.341. The number of para-hydroxylation sites is 2. The quantitative estimate of drug-likeness (QED) is 0.711. The van der Waals surface area contributed by atoms with Crippen molar-refractivity contribution in [2.75, 3.05) is 5.32 Å². The monoisotopic (exact) mass is 239 g/mol. The van der Waals surface area contributed by atoms with Crippen LogP contribution in [0, 0.1) is 0 Å². The molecule has 0 fully saturated rings. The Hall–Kier alpha value is -2.76. The third-order valence-corrected chi connectivity index (χ3v) is 2.41. The second-order valence-corrected chi connectivity index (χ2v) is 3.65. The van der Waals surface area contributed by atoms with Gasteiger partial charge in [-0.3, -0.25) is 9.78 Å². The number of imidazole rings is 1. The molecular formula is C12H9N5O. The molecule has 2 heterocycles. The van der Waals surface area contributed by atoms with Crippen molar-refractivity contribution in [2.45, 2.75) is 0 Å². The first kappa shape index (κ1) is 10.4. The Morgan fingerprint density at radius 2 is 2.11 bits per heavy atom. The van der Waals surface area contributed by atoms with Crippen molar-refractivity contribution in [2.24, 2.45) is 0 Å². The van der Waals surface area contributed by atoms with Crippen LogP contribution in [-0.2, 0) is 0 Å². The zero-order valence-electron chi connectivity index (χ0n) is 9.29. The molecule has 18 heavy (non-hydrogen) atoms. The van der Waals surface area contributed by atoms with Gasteiger partial charge in [0.2, 0.25) is 0 Å². The van der Waals surface area contributed by atoms with E-state index in [2.05, 4.69) is 25.3 Å². The van der Waals surface area contributed by atoms with E-state index >= 15 is 0 Å². The number of hydrogen-bond donors (Lipinski definition) is 2. The molecule has 0 bridgehead atoms. The highest BCUT2D eigenvalue weighted by Crippen LogP contribution is 2.11. The molecule has 0 aliphatic heterocycles. The number of amides is 1. The third kappa shape index (κ3) is 1.91. The van der Waals surface area contributed by atoms with Crippen LogP contribution in [0.1, 0.15) is 10.6 Å². The van der Waals surface area contributed by atoms with Gasteiger partial charge in [0.1, 0.15) is 0 Å². The van der Waals surface area contributed by atoms with E-state index in [1.165, 1.54) is 18.6 Å². The first-order chi connectivity index (χ1) is 8.83. The van der Waals surface area contributed by atoms with Crippen molar-refractivity contribution in [1.82, 2.24) is 19.9 Å². The highest BCUT2D eigenvalue weighted by atomic mass is 16.2. The van der Waals surface area contributed by atoms with Crippen LogP contribution in [0.4, 0.5) is 5.82 Å². The molecule has 0 unspecified atom stereocenters. The summed E-state index contributed by atoms with van der Waals surface area (Å²) in [6.07, 6.45) is 4.52. The molecule has 3 rings (SSSR count). The van der Waals surface area contributed by atoms with Crippen LogP contribution in [-0.4, -0.2) is 25.8 Å². The lowest BCUT2D eigenvalue weighted by molar-refractivity contribution is 0.101. The van der Waals surface area contributed by atoms with Gasteiger partial charge in [-0.2, -0.15) is 0 Å². The molecule has 3 aromatic rings. The Morgan fingerprint density at radius 1 is 1.22 bits per heavy atom. The Balaban J connectivity index is 1.88. The Bertz CT molecular complexity index is 659. The van der Waals surface area contributed by atoms with Gasteiger partial charge in [-0.15, -0.1) is 0 Å². The molecule has 6 heteroatoms. The van der Waals surface area contributed by atoms with Crippen molar-refractivity contribution in [3.05, 3.63) is 48.7 Å². The van der Waals surface area contributed by atoms with E-state index in [0.29, 0.717) is 5.82 Å². The maximum atomic E-state index is 11.9. The van der Waals surface area contributed by atoms with Gasteiger partial charge in [0.05, 0.1) is 17.2 Å². The molecule has 0 aliphatic carbocycles. The largest absolute Gasteiger partial charge is 0.334 e. The summed E-state index contributed by atoms with van der Waals surface area (Å²) in [5.74, 6) is 0.302. The van der Waals surface area contributed by atoms with Crippen LogP contribution in [0.3, 0.4) is 0 Å². The molecule has 0 aliphatic rings. The Kier molecular flexibility index (Phi) is 2.45. The van der Waals surface area contributed by atoms with E-state index in [1.807, 2.05) is 24.3 Å². The number of rotatable bonds is 2. The van der Waals surface area contributed by atoms with Gasteiger partial charge in [-0.25, -0.2) is 9.97 Å². The fourth-order valence-corrected chi connectivity index (χ4v) is 1.60. The summed E-state index contributed by atoms with van der Waals surface area (Å²) in [5, 5.41) is 2.61. The van der Waals surface area contributed by atoms with Gasteiger partial charge in [-0.05, 0) is 12.1 Å². The van der Waals surface area contributed by atoms with Crippen LogP contribution in [0.2, 0.25) is 0 Å². The maximum Gasteiger partial charge on any atom is 0.292 e. The Labute approximate surface area is 102 Å². The summed E-state index contributed by atoms with van der Waals surface area (Å²) in [5.41, 5.74) is 1.57. The molecule has 0 saturated carbocycles. The maximum absolute atomic E-state index is 11.9. The standard InChI is InChI=1S/C12H9N5O/c18-12(17-10-7-13-5-6-14-10)11-15-8-3-1-2-4-9(8)16-11/h1-7H,(H,15,16)(H,14,17,18). The number of aromatic nitrogens is 4. The molecule has 0 spiro atoms. The zero-order chi connectivity index (χ0) is 12.4. The van der Waals surface area contributed by atoms with E-state index in [4.69, 9.17) is 0 Å². The molecule has 1 amide bonds. The molecule has 88 valence electrons. The van der Waals surface area contributed by atoms with Gasteiger partial charge in [0.25, 0.3) is 5.91 Å². The number of nitrogens with zero attached hydrogens (tertiary/aromatic N) is 3. The van der Waals surface area contributed by atoms with Crippen molar-refractivity contribution in [3.8, 4) is 0 Å². The second-order valence-electron chi connectivity index (χ2n) is 3.65. The average molecular weight is 239 g/mol. The lowest BCUT2D eigenvalue weighted by atomic mass is 10.3. The number of anilines is 1. The van der Waals surface area contributed by atoms with E-state index in [-0.39, 0.29) is 11.7 Å². The fraction of sp³-hybridized carbons (Fsp3) is 0. The predicted octanol–water partition coefficient (Wildman–Crippen LogP) is 1.61. The normalized spacial score (nSPS) is 10.4. The molecular weight excluding hydrogens is 230 g/mol. The van der Waals surface area contributed by atoms with Crippen LogP contribution in [0.15, 0.2) is 42.9 Å². The van der Waals surface area contributed by atoms with Gasteiger partial charge in [0, 0.05) is 12.4 Å². The molecule has 2 N–H and O–H groups in total. The van der Waals surface area contributed by atoms with Crippen molar-refractivity contribution in [3.63, 3.8) is 0 Å². The number of aromatic amines is 1. The Morgan fingerprint density at radius 3 is 2.89 bits per heavy atom. The van der Waals surface area contributed by atoms with Crippen molar-refractivity contribution >= 4 is 22.8 Å². The van der Waals surface area contributed by atoms with Gasteiger partial charge < -0.3 is 10.3 Å². The van der Waals surface area contributed by atoms with Gasteiger partial charge in [-0.1, -0.05) is 12.1 Å². The highest BCUT2D eigenvalue weighted by molar-refractivity contribution is 6.02.